The van der Waals surface area contributed by atoms with Crippen LogP contribution in [0.5, 0.6) is 5.75 Å². The molecule has 0 spiro atoms. The Morgan fingerprint density at radius 1 is 1.06 bits per heavy atom. The third-order valence-corrected chi connectivity index (χ3v) is 6.15. The Morgan fingerprint density at radius 3 is 2.59 bits per heavy atom. The predicted molar refractivity (Wildman–Crippen MR) is 122 cm³/mol. The van der Waals surface area contributed by atoms with E-state index in [1.807, 2.05) is 24.3 Å². The molecule has 32 heavy (non-hydrogen) atoms. The van der Waals surface area contributed by atoms with Crippen LogP contribution in [0.1, 0.15) is 27.3 Å². The zero-order chi connectivity index (χ0) is 22.7. The number of fused-ring (bicyclic) bond motifs is 1. The van der Waals surface area contributed by atoms with Gasteiger partial charge in [0.05, 0.1) is 29.3 Å². The average molecular weight is 450 g/mol. The highest BCUT2D eigenvalue weighted by molar-refractivity contribution is 7.18. The Morgan fingerprint density at radius 2 is 1.84 bits per heavy atom. The average Bonchev–Trinajstić information content (AvgIpc) is 3.19. The molecule has 0 unspecified atom stereocenters. The molecule has 0 atom stereocenters. The zero-order valence-electron chi connectivity index (χ0n) is 17.3. The largest absolute Gasteiger partial charge is 0.494 e. The molecule has 0 amide bonds. The van der Waals surface area contributed by atoms with Gasteiger partial charge in [0.15, 0.2) is 11.6 Å². The molecule has 1 heterocycles. The molecule has 0 aliphatic carbocycles. The summed E-state index contributed by atoms with van der Waals surface area (Å²) in [4.78, 5) is 28.1. The lowest BCUT2D eigenvalue weighted by Crippen LogP contribution is -2.05. The molecule has 0 bridgehead atoms. The molecule has 0 radical (unpaired) electrons. The van der Waals surface area contributed by atoms with Gasteiger partial charge in [0.1, 0.15) is 10.8 Å². The van der Waals surface area contributed by atoms with Crippen LogP contribution in [0.25, 0.3) is 21.3 Å². The van der Waals surface area contributed by atoms with Crippen molar-refractivity contribution in [3.8, 4) is 16.9 Å². The number of aromatic nitrogens is 1. The summed E-state index contributed by atoms with van der Waals surface area (Å²) in [5, 5.41) is 9.81. The van der Waals surface area contributed by atoms with Crippen LogP contribution in [-0.2, 0) is 17.6 Å². The summed E-state index contributed by atoms with van der Waals surface area (Å²) in [7, 11) is 1.43. The van der Waals surface area contributed by atoms with Crippen LogP contribution >= 0.6 is 11.3 Å². The summed E-state index contributed by atoms with van der Waals surface area (Å²) < 4.78 is 19.9. The number of ether oxygens (including phenoxy) is 1. The van der Waals surface area contributed by atoms with Crippen molar-refractivity contribution in [2.24, 2.45) is 0 Å². The molecule has 3 aromatic carbocycles. The normalized spacial score (nSPS) is 10.9. The topological polar surface area (TPSA) is 76.5 Å². The lowest BCUT2D eigenvalue weighted by Gasteiger charge is -2.05. The quantitative estimate of drug-likeness (QED) is 0.381. The molecule has 1 aromatic heterocycles. The Balaban J connectivity index is 1.45. The second-order valence-electron chi connectivity index (χ2n) is 7.36. The highest BCUT2D eigenvalue weighted by Crippen LogP contribution is 2.30. The number of thiazole rings is 1. The third kappa shape index (κ3) is 4.84. The van der Waals surface area contributed by atoms with Crippen molar-refractivity contribution >= 4 is 33.3 Å². The van der Waals surface area contributed by atoms with E-state index in [0.29, 0.717) is 12.8 Å². The van der Waals surface area contributed by atoms with Crippen molar-refractivity contribution in [1.29, 1.82) is 0 Å². The predicted octanol–water partition coefficient (Wildman–Crippen LogP) is 5.55. The van der Waals surface area contributed by atoms with Crippen LogP contribution in [0, 0.1) is 5.82 Å². The van der Waals surface area contributed by atoms with Crippen molar-refractivity contribution in [3.05, 3.63) is 82.6 Å². The molecule has 0 saturated carbocycles. The van der Waals surface area contributed by atoms with Crippen LogP contribution in [0.4, 0.5) is 4.39 Å². The number of hydrogen-bond donors (Lipinski definition) is 1. The highest BCUT2D eigenvalue weighted by atomic mass is 32.1. The van der Waals surface area contributed by atoms with E-state index in [4.69, 9.17) is 9.84 Å². The fraction of sp³-hybridized carbons (Fsp3) is 0.160. The first-order valence-corrected chi connectivity index (χ1v) is 10.8. The monoisotopic (exact) mass is 449 g/mol. The first-order chi connectivity index (χ1) is 15.4. The van der Waals surface area contributed by atoms with E-state index in [0.717, 1.165) is 31.9 Å². The molecule has 4 aromatic rings. The molecule has 162 valence electrons. The van der Waals surface area contributed by atoms with Gasteiger partial charge in [0, 0.05) is 6.42 Å². The van der Waals surface area contributed by atoms with E-state index in [2.05, 4.69) is 4.98 Å². The number of ketones is 1. The number of carboxylic acids is 1. The fourth-order valence-electron chi connectivity index (χ4n) is 3.47. The van der Waals surface area contributed by atoms with E-state index >= 15 is 0 Å². The number of carboxylic acid groups (broad SMARTS) is 1. The second-order valence-corrected chi connectivity index (χ2v) is 8.48. The molecular formula is C25H20FNO4S. The number of benzene rings is 3. The van der Waals surface area contributed by atoms with Gasteiger partial charge in [-0.2, -0.15) is 0 Å². The molecule has 4 rings (SSSR count). The number of nitrogens with zero attached hydrogens (tertiary/aromatic N) is 1. The molecule has 1 N–H and O–H groups in total. The van der Waals surface area contributed by atoms with E-state index < -0.39 is 11.8 Å². The molecule has 5 nitrogen and oxygen atoms in total. The summed E-state index contributed by atoms with van der Waals surface area (Å²) in [6.45, 7) is 0. The maximum absolute atomic E-state index is 14.1. The molecular weight excluding hydrogens is 429 g/mol. The van der Waals surface area contributed by atoms with Crippen LogP contribution in [-0.4, -0.2) is 29.0 Å². The molecule has 0 fully saturated rings. The number of hydrogen-bond acceptors (Lipinski definition) is 5. The molecule has 0 aliphatic heterocycles. The zero-order valence-corrected chi connectivity index (χ0v) is 18.1. The number of carbonyl (C=O) groups excluding carboxylic acids is 1. The lowest BCUT2D eigenvalue weighted by atomic mass is 10.0. The van der Waals surface area contributed by atoms with Crippen molar-refractivity contribution in [2.75, 3.05) is 7.11 Å². The van der Waals surface area contributed by atoms with Crippen LogP contribution in [0.3, 0.4) is 0 Å². The first kappa shape index (κ1) is 21.6. The third-order valence-electron chi connectivity index (χ3n) is 5.13. The van der Waals surface area contributed by atoms with Gasteiger partial charge in [-0.05, 0) is 59.5 Å². The minimum atomic E-state index is -0.982. The first-order valence-electron chi connectivity index (χ1n) is 10.0. The smallest absolute Gasteiger partial charge is 0.335 e. The molecule has 0 saturated heterocycles. The van der Waals surface area contributed by atoms with Gasteiger partial charge in [-0.1, -0.05) is 24.3 Å². The summed E-state index contributed by atoms with van der Waals surface area (Å²) in [6, 6.07) is 17.2. The fourth-order valence-corrected chi connectivity index (χ4v) is 4.51. The summed E-state index contributed by atoms with van der Waals surface area (Å²) >= 11 is 1.45. The number of aryl methyl sites for hydroxylation is 1. The molecule has 0 aliphatic rings. The van der Waals surface area contributed by atoms with Crippen LogP contribution < -0.4 is 4.74 Å². The van der Waals surface area contributed by atoms with Gasteiger partial charge in [0.2, 0.25) is 0 Å². The Bertz CT molecular complexity index is 1310. The van der Waals surface area contributed by atoms with Gasteiger partial charge in [-0.15, -0.1) is 11.3 Å². The minimum Gasteiger partial charge on any atom is -0.494 e. The maximum Gasteiger partial charge on any atom is 0.335 e. The highest BCUT2D eigenvalue weighted by Gasteiger charge is 2.12. The summed E-state index contributed by atoms with van der Waals surface area (Å²) in [6.07, 6.45) is 1.03. The van der Waals surface area contributed by atoms with Gasteiger partial charge in [0.25, 0.3) is 0 Å². The minimum absolute atomic E-state index is 0.0437. The number of methoxy groups -OCH3 is 1. The van der Waals surface area contributed by atoms with Crippen LogP contribution in [0.15, 0.2) is 60.7 Å². The summed E-state index contributed by atoms with van der Waals surface area (Å²) in [5.74, 6) is -1.16. The number of aromatic carboxylic acids is 1. The van der Waals surface area contributed by atoms with Gasteiger partial charge >= 0.3 is 5.97 Å². The molecule has 7 heteroatoms. The number of rotatable bonds is 8. The van der Waals surface area contributed by atoms with Gasteiger partial charge < -0.3 is 9.84 Å². The van der Waals surface area contributed by atoms with Gasteiger partial charge in [-0.25, -0.2) is 14.2 Å². The number of halogens is 1. The van der Waals surface area contributed by atoms with Crippen molar-refractivity contribution in [1.82, 2.24) is 4.98 Å². The lowest BCUT2D eigenvalue weighted by molar-refractivity contribution is -0.118. The Kier molecular flexibility index (Phi) is 6.28. The van der Waals surface area contributed by atoms with Crippen molar-refractivity contribution < 1.29 is 23.8 Å². The Hall–Kier alpha value is -3.58. The standard InChI is InChI=1S/C25H20FNO4S/c1-31-22-10-7-16(12-20(22)26)17-6-9-21-23(13-17)32-24(27-21)14-19(28)8-5-15-3-2-4-18(11-15)25(29)30/h2-4,6-7,9-13H,5,8,14H2,1H3,(H,29,30). The SMILES string of the molecule is COc1ccc(-c2ccc3nc(CC(=O)CCc4cccc(C(=O)O)c4)sc3c2)cc1F. The second kappa shape index (κ2) is 9.28. The van der Waals surface area contributed by atoms with E-state index in [-0.39, 0.29) is 23.5 Å². The Labute approximate surface area is 188 Å². The summed E-state index contributed by atoms with van der Waals surface area (Å²) in [5.41, 5.74) is 3.43. The van der Waals surface area contributed by atoms with Gasteiger partial charge in [-0.3, -0.25) is 4.79 Å². The van der Waals surface area contributed by atoms with Crippen molar-refractivity contribution in [3.63, 3.8) is 0 Å². The van der Waals surface area contributed by atoms with E-state index in [9.17, 15) is 14.0 Å². The van der Waals surface area contributed by atoms with E-state index in [1.165, 1.54) is 30.6 Å². The number of carbonyl (C=O) groups is 2. The number of Topliss-reactive ketones (excluding diaryl/α,β-unsaturated/α-hetero) is 1. The van der Waals surface area contributed by atoms with Crippen LogP contribution in [0.2, 0.25) is 0 Å². The maximum atomic E-state index is 14.1. The van der Waals surface area contributed by atoms with Crippen molar-refractivity contribution in [2.45, 2.75) is 19.3 Å². The van der Waals surface area contributed by atoms with E-state index in [1.54, 1.807) is 24.3 Å².